The Balaban J connectivity index is 2.49. The van der Waals surface area contributed by atoms with Crippen LogP contribution in [0.4, 0.5) is 4.39 Å². The highest BCUT2D eigenvalue weighted by Gasteiger charge is 2.13. The van der Waals surface area contributed by atoms with Crippen LogP contribution < -0.4 is 10.5 Å². The number of halogens is 1. The topological polar surface area (TPSA) is 61.5 Å². The van der Waals surface area contributed by atoms with Gasteiger partial charge in [-0.3, -0.25) is 4.79 Å². The average molecular weight is 269 g/mol. The monoisotopic (exact) mass is 269 g/mol. The molecule has 0 heterocycles. The van der Waals surface area contributed by atoms with E-state index in [0.29, 0.717) is 37.2 Å². The Morgan fingerprint density at radius 3 is 2.79 bits per heavy atom. The molecule has 0 aliphatic carbocycles. The molecular formula is C14H20FNO3. The lowest BCUT2D eigenvalue weighted by Gasteiger charge is -2.13. The molecule has 19 heavy (non-hydrogen) atoms. The molecule has 2 N–H and O–H groups in total. The van der Waals surface area contributed by atoms with Crippen molar-refractivity contribution in [3.8, 4) is 5.75 Å². The van der Waals surface area contributed by atoms with Crippen LogP contribution in [0.5, 0.6) is 5.75 Å². The van der Waals surface area contributed by atoms with Crippen LogP contribution in [-0.4, -0.2) is 19.7 Å². The Hall–Kier alpha value is -1.62. The number of hydrogen-bond donors (Lipinski definition) is 1. The molecule has 106 valence electrons. The van der Waals surface area contributed by atoms with E-state index in [2.05, 4.69) is 0 Å². The molecule has 0 aromatic heterocycles. The summed E-state index contributed by atoms with van der Waals surface area (Å²) in [4.78, 5) is 11.2. The van der Waals surface area contributed by atoms with Crippen molar-refractivity contribution in [2.24, 2.45) is 5.73 Å². The summed E-state index contributed by atoms with van der Waals surface area (Å²) in [6.07, 6.45) is 1.41. The zero-order valence-electron chi connectivity index (χ0n) is 11.3. The Bertz CT molecular complexity index is 423. The summed E-state index contributed by atoms with van der Waals surface area (Å²) < 4.78 is 23.5. The van der Waals surface area contributed by atoms with Crippen LogP contribution in [0.3, 0.4) is 0 Å². The fourth-order valence-corrected chi connectivity index (χ4v) is 1.79. The van der Waals surface area contributed by atoms with Crippen LogP contribution in [0.15, 0.2) is 18.2 Å². The molecule has 0 bridgehead atoms. The third-order valence-electron chi connectivity index (χ3n) is 2.81. The average Bonchev–Trinajstić information content (AvgIpc) is 2.38. The first-order chi connectivity index (χ1) is 9.08. The highest BCUT2D eigenvalue weighted by atomic mass is 19.1. The molecule has 0 aliphatic rings. The zero-order valence-corrected chi connectivity index (χ0v) is 11.3. The van der Waals surface area contributed by atoms with Crippen molar-refractivity contribution in [1.82, 2.24) is 0 Å². The molecule has 0 fully saturated rings. The molecule has 1 atom stereocenters. The maximum absolute atomic E-state index is 13.7. The number of rotatable bonds is 7. The fraction of sp³-hybridized carbons (Fsp3) is 0.500. The number of methoxy groups -OCH3 is 1. The molecule has 1 aromatic rings. The molecule has 1 rings (SSSR count). The number of carbonyl (C=O) groups is 1. The Morgan fingerprint density at radius 2 is 2.21 bits per heavy atom. The van der Waals surface area contributed by atoms with Gasteiger partial charge in [0, 0.05) is 24.1 Å². The van der Waals surface area contributed by atoms with Gasteiger partial charge in [0.15, 0.2) is 0 Å². The highest BCUT2D eigenvalue weighted by Crippen LogP contribution is 2.23. The molecule has 1 unspecified atom stereocenters. The molecular weight excluding hydrogens is 249 g/mol. The van der Waals surface area contributed by atoms with Crippen molar-refractivity contribution >= 4 is 5.97 Å². The van der Waals surface area contributed by atoms with Crippen molar-refractivity contribution < 1.29 is 18.7 Å². The standard InChI is InChI=1S/C14H20FNO3/c1-3-19-14(17)6-4-5-13(16)11-8-7-10(18-2)9-12(11)15/h7-9,13H,3-6,16H2,1-2H3. The maximum atomic E-state index is 13.7. The van der Waals surface area contributed by atoms with Gasteiger partial charge in [0.2, 0.25) is 0 Å². The molecule has 0 saturated carbocycles. The van der Waals surface area contributed by atoms with Gasteiger partial charge in [-0.05, 0) is 25.8 Å². The quantitative estimate of drug-likeness (QED) is 0.773. The second-order valence-corrected chi connectivity index (χ2v) is 4.19. The van der Waals surface area contributed by atoms with Gasteiger partial charge in [0.25, 0.3) is 0 Å². The van der Waals surface area contributed by atoms with E-state index in [9.17, 15) is 9.18 Å². The highest BCUT2D eigenvalue weighted by molar-refractivity contribution is 5.69. The number of esters is 1. The normalized spacial score (nSPS) is 12.0. The minimum Gasteiger partial charge on any atom is -0.497 e. The largest absolute Gasteiger partial charge is 0.497 e. The van der Waals surface area contributed by atoms with Crippen LogP contribution in [-0.2, 0) is 9.53 Å². The fourth-order valence-electron chi connectivity index (χ4n) is 1.79. The van der Waals surface area contributed by atoms with Gasteiger partial charge in [-0.2, -0.15) is 0 Å². The van der Waals surface area contributed by atoms with Crippen LogP contribution in [0, 0.1) is 5.82 Å². The molecule has 0 saturated heterocycles. The van der Waals surface area contributed by atoms with E-state index in [0.717, 1.165) is 0 Å². The van der Waals surface area contributed by atoms with Crippen LogP contribution in [0.2, 0.25) is 0 Å². The van der Waals surface area contributed by atoms with Gasteiger partial charge >= 0.3 is 5.97 Å². The number of ether oxygens (including phenoxy) is 2. The second-order valence-electron chi connectivity index (χ2n) is 4.19. The van der Waals surface area contributed by atoms with E-state index in [1.165, 1.54) is 13.2 Å². The lowest BCUT2D eigenvalue weighted by atomic mass is 10.0. The third-order valence-corrected chi connectivity index (χ3v) is 2.81. The van der Waals surface area contributed by atoms with Crippen molar-refractivity contribution in [3.05, 3.63) is 29.6 Å². The first kappa shape index (κ1) is 15.4. The lowest BCUT2D eigenvalue weighted by molar-refractivity contribution is -0.143. The summed E-state index contributed by atoms with van der Waals surface area (Å²) in [5, 5.41) is 0. The van der Waals surface area contributed by atoms with Gasteiger partial charge in [-0.25, -0.2) is 4.39 Å². The van der Waals surface area contributed by atoms with Crippen molar-refractivity contribution in [2.45, 2.75) is 32.2 Å². The molecule has 0 amide bonds. The molecule has 1 aromatic carbocycles. The molecule has 0 radical (unpaired) electrons. The van der Waals surface area contributed by atoms with E-state index in [1.54, 1.807) is 19.1 Å². The van der Waals surface area contributed by atoms with E-state index < -0.39 is 6.04 Å². The first-order valence-corrected chi connectivity index (χ1v) is 6.33. The van der Waals surface area contributed by atoms with Gasteiger partial charge in [0.05, 0.1) is 13.7 Å². The van der Waals surface area contributed by atoms with E-state index in [4.69, 9.17) is 15.2 Å². The molecule has 4 nitrogen and oxygen atoms in total. The van der Waals surface area contributed by atoms with E-state index in [1.807, 2.05) is 0 Å². The summed E-state index contributed by atoms with van der Waals surface area (Å²) in [7, 11) is 1.48. The van der Waals surface area contributed by atoms with Crippen molar-refractivity contribution in [1.29, 1.82) is 0 Å². The second kappa shape index (κ2) is 7.74. The summed E-state index contributed by atoms with van der Waals surface area (Å²) in [5.41, 5.74) is 6.35. The number of hydrogen-bond acceptors (Lipinski definition) is 4. The van der Waals surface area contributed by atoms with Gasteiger partial charge in [-0.1, -0.05) is 6.07 Å². The van der Waals surface area contributed by atoms with Gasteiger partial charge < -0.3 is 15.2 Å². The minimum absolute atomic E-state index is 0.245. The minimum atomic E-state index is -0.430. The van der Waals surface area contributed by atoms with E-state index >= 15 is 0 Å². The smallest absolute Gasteiger partial charge is 0.305 e. The molecule has 5 heteroatoms. The number of carbonyl (C=O) groups excluding carboxylic acids is 1. The summed E-state index contributed by atoms with van der Waals surface area (Å²) in [6, 6.07) is 4.16. The van der Waals surface area contributed by atoms with Crippen LogP contribution in [0.25, 0.3) is 0 Å². The van der Waals surface area contributed by atoms with Gasteiger partial charge in [-0.15, -0.1) is 0 Å². The Morgan fingerprint density at radius 1 is 1.47 bits per heavy atom. The summed E-state index contributed by atoms with van der Waals surface area (Å²) in [5.74, 6) is -0.173. The molecule has 0 spiro atoms. The Kier molecular flexibility index (Phi) is 6.29. The maximum Gasteiger partial charge on any atom is 0.305 e. The SMILES string of the molecule is CCOC(=O)CCCC(N)c1ccc(OC)cc1F. The summed E-state index contributed by atoms with van der Waals surface area (Å²) in [6.45, 7) is 2.13. The molecule has 0 aliphatic heterocycles. The van der Waals surface area contributed by atoms with Crippen LogP contribution in [0.1, 0.15) is 37.8 Å². The third kappa shape index (κ3) is 4.87. The zero-order chi connectivity index (χ0) is 14.3. The summed E-state index contributed by atoms with van der Waals surface area (Å²) >= 11 is 0. The Labute approximate surface area is 112 Å². The van der Waals surface area contributed by atoms with Crippen LogP contribution >= 0.6 is 0 Å². The van der Waals surface area contributed by atoms with Crippen molar-refractivity contribution in [3.63, 3.8) is 0 Å². The van der Waals surface area contributed by atoms with Gasteiger partial charge in [0.1, 0.15) is 11.6 Å². The van der Waals surface area contributed by atoms with Crippen molar-refractivity contribution in [2.75, 3.05) is 13.7 Å². The number of benzene rings is 1. The predicted molar refractivity (Wildman–Crippen MR) is 70.4 cm³/mol. The number of nitrogens with two attached hydrogens (primary N) is 1. The first-order valence-electron chi connectivity index (χ1n) is 6.33. The predicted octanol–water partition coefficient (Wildman–Crippen LogP) is 2.57. The lowest BCUT2D eigenvalue weighted by Crippen LogP contribution is -2.13. The van der Waals surface area contributed by atoms with E-state index in [-0.39, 0.29) is 11.8 Å².